The highest BCUT2D eigenvalue weighted by molar-refractivity contribution is 7.13. The second-order valence-corrected chi connectivity index (χ2v) is 6.73. The molecule has 0 aliphatic carbocycles. The number of thiophene rings is 1. The number of nitrogens with one attached hydrogen (secondary N) is 1. The lowest BCUT2D eigenvalue weighted by Crippen LogP contribution is -2.33. The third-order valence-electron chi connectivity index (χ3n) is 4.02. The van der Waals surface area contributed by atoms with Gasteiger partial charge in [0.05, 0.1) is 17.7 Å². The molecule has 2 aromatic heterocycles. The van der Waals surface area contributed by atoms with Crippen molar-refractivity contribution in [2.24, 2.45) is 0 Å². The van der Waals surface area contributed by atoms with Crippen molar-refractivity contribution in [3.63, 3.8) is 0 Å². The van der Waals surface area contributed by atoms with E-state index in [9.17, 15) is 4.79 Å². The molecule has 5 nitrogen and oxygen atoms in total. The summed E-state index contributed by atoms with van der Waals surface area (Å²) >= 11 is 1.60. The number of ether oxygens (including phenoxy) is 1. The van der Waals surface area contributed by atoms with Gasteiger partial charge in [-0.05, 0) is 55.1 Å². The monoisotopic (exact) mass is 355 g/mol. The highest BCUT2D eigenvalue weighted by atomic mass is 32.1. The molecule has 1 aromatic carbocycles. The first kappa shape index (κ1) is 17.2. The summed E-state index contributed by atoms with van der Waals surface area (Å²) in [5.74, 6) is 0.639. The first-order valence-electron chi connectivity index (χ1n) is 8.21. The van der Waals surface area contributed by atoms with Crippen LogP contribution in [0.5, 0.6) is 5.75 Å². The minimum Gasteiger partial charge on any atom is -0.497 e. The summed E-state index contributed by atoms with van der Waals surface area (Å²) in [6, 6.07) is 13.4. The summed E-state index contributed by atoms with van der Waals surface area (Å²) in [5.41, 5.74) is 2.13. The molecule has 6 heteroatoms. The molecule has 1 amide bonds. The molecule has 1 N–H and O–H groups in total. The molecule has 0 saturated heterocycles. The Labute approximate surface area is 151 Å². The van der Waals surface area contributed by atoms with Crippen LogP contribution in [0.1, 0.15) is 30.8 Å². The van der Waals surface area contributed by atoms with Crippen LogP contribution in [0.25, 0.3) is 16.3 Å². The molecule has 130 valence electrons. The van der Waals surface area contributed by atoms with Gasteiger partial charge < -0.3 is 10.1 Å². The van der Waals surface area contributed by atoms with Crippen molar-refractivity contribution >= 4 is 17.2 Å². The Bertz CT molecular complexity index is 838. The van der Waals surface area contributed by atoms with E-state index >= 15 is 0 Å². The molecule has 1 atom stereocenters. The first-order valence-corrected chi connectivity index (χ1v) is 9.09. The van der Waals surface area contributed by atoms with Crippen molar-refractivity contribution in [3.05, 3.63) is 53.5 Å². The van der Waals surface area contributed by atoms with Gasteiger partial charge in [0.25, 0.3) is 5.91 Å². The number of carbonyl (C=O) groups excluding carboxylic acids is 1. The maximum absolute atomic E-state index is 12.7. The fourth-order valence-corrected chi connectivity index (χ4v) is 3.09. The summed E-state index contributed by atoms with van der Waals surface area (Å²) in [6.07, 6.45) is 0.875. The lowest BCUT2D eigenvalue weighted by molar-refractivity contribution is 0.0931. The Hall–Kier alpha value is -2.60. The van der Waals surface area contributed by atoms with Gasteiger partial charge in [0.15, 0.2) is 0 Å². The molecule has 0 radical (unpaired) electrons. The quantitative estimate of drug-likeness (QED) is 0.723. The molecule has 3 aromatic rings. The summed E-state index contributed by atoms with van der Waals surface area (Å²) in [4.78, 5) is 13.8. The van der Waals surface area contributed by atoms with Crippen molar-refractivity contribution in [2.45, 2.75) is 26.3 Å². The maximum atomic E-state index is 12.7. The van der Waals surface area contributed by atoms with Crippen LogP contribution in [-0.2, 0) is 0 Å². The van der Waals surface area contributed by atoms with Crippen LogP contribution in [0.15, 0.2) is 47.8 Å². The van der Waals surface area contributed by atoms with Crippen LogP contribution in [-0.4, -0.2) is 28.8 Å². The smallest absolute Gasteiger partial charge is 0.270 e. The molecule has 25 heavy (non-hydrogen) atoms. The average Bonchev–Trinajstić information content (AvgIpc) is 3.31. The summed E-state index contributed by atoms with van der Waals surface area (Å²) < 4.78 is 6.89. The maximum Gasteiger partial charge on any atom is 0.270 e. The van der Waals surface area contributed by atoms with Gasteiger partial charge in [0.1, 0.15) is 17.1 Å². The second-order valence-electron chi connectivity index (χ2n) is 5.78. The first-order chi connectivity index (χ1) is 12.1. The number of methoxy groups -OCH3 is 1. The molecular weight excluding hydrogens is 334 g/mol. The number of hydrogen-bond donors (Lipinski definition) is 1. The number of nitrogens with zero attached hydrogens (tertiary/aromatic N) is 2. The molecule has 3 rings (SSSR count). The summed E-state index contributed by atoms with van der Waals surface area (Å²) in [5, 5.41) is 9.67. The zero-order valence-corrected chi connectivity index (χ0v) is 15.3. The van der Waals surface area contributed by atoms with Crippen molar-refractivity contribution in [3.8, 4) is 22.0 Å². The third kappa shape index (κ3) is 3.74. The van der Waals surface area contributed by atoms with E-state index in [0.717, 1.165) is 28.4 Å². The lowest BCUT2D eigenvalue weighted by Gasteiger charge is -2.12. The van der Waals surface area contributed by atoms with Gasteiger partial charge >= 0.3 is 0 Å². The van der Waals surface area contributed by atoms with Crippen LogP contribution >= 0.6 is 11.3 Å². The van der Waals surface area contributed by atoms with E-state index in [2.05, 4.69) is 10.4 Å². The summed E-state index contributed by atoms with van der Waals surface area (Å²) in [7, 11) is 1.63. The Morgan fingerprint density at radius 3 is 2.68 bits per heavy atom. The molecule has 1 unspecified atom stereocenters. The van der Waals surface area contributed by atoms with Crippen molar-refractivity contribution in [1.29, 1.82) is 0 Å². The number of amides is 1. The van der Waals surface area contributed by atoms with Crippen molar-refractivity contribution < 1.29 is 9.53 Å². The molecule has 0 aliphatic heterocycles. The standard InChI is InChI=1S/C19H21N3O2S/c1-4-13(2)20-19(23)17-12-16(18-6-5-11-25-18)21-22(17)14-7-9-15(24-3)10-8-14/h5-13H,4H2,1-3H3,(H,20,23). The Morgan fingerprint density at radius 2 is 2.08 bits per heavy atom. The Kier molecular flexibility index (Phi) is 5.19. The molecule has 0 aliphatic rings. The average molecular weight is 355 g/mol. The second kappa shape index (κ2) is 7.53. The van der Waals surface area contributed by atoms with E-state index in [4.69, 9.17) is 4.74 Å². The normalized spacial score (nSPS) is 12.0. The van der Waals surface area contributed by atoms with E-state index in [-0.39, 0.29) is 11.9 Å². The van der Waals surface area contributed by atoms with Crippen LogP contribution in [0.2, 0.25) is 0 Å². The van der Waals surface area contributed by atoms with Gasteiger partial charge in [-0.2, -0.15) is 5.10 Å². The molecule has 2 heterocycles. The van der Waals surface area contributed by atoms with Crippen LogP contribution in [0.4, 0.5) is 0 Å². The van der Waals surface area contributed by atoms with Crippen LogP contribution < -0.4 is 10.1 Å². The van der Waals surface area contributed by atoms with E-state index in [1.165, 1.54) is 0 Å². The van der Waals surface area contributed by atoms with Gasteiger partial charge in [-0.15, -0.1) is 11.3 Å². The van der Waals surface area contributed by atoms with Crippen LogP contribution in [0, 0.1) is 0 Å². The fourth-order valence-electron chi connectivity index (χ4n) is 2.41. The highest BCUT2D eigenvalue weighted by Gasteiger charge is 2.19. The minimum absolute atomic E-state index is 0.108. The number of rotatable bonds is 6. The molecular formula is C19H21N3O2S. The van der Waals surface area contributed by atoms with Crippen molar-refractivity contribution in [2.75, 3.05) is 7.11 Å². The highest BCUT2D eigenvalue weighted by Crippen LogP contribution is 2.26. The van der Waals surface area contributed by atoms with Crippen molar-refractivity contribution in [1.82, 2.24) is 15.1 Å². The zero-order valence-electron chi connectivity index (χ0n) is 14.5. The van der Waals surface area contributed by atoms with Gasteiger partial charge in [-0.1, -0.05) is 13.0 Å². The Balaban J connectivity index is 2.03. The SMILES string of the molecule is CCC(C)NC(=O)c1cc(-c2cccs2)nn1-c1ccc(OC)cc1. The predicted octanol–water partition coefficient (Wildman–Crippen LogP) is 4.14. The Morgan fingerprint density at radius 1 is 1.32 bits per heavy atom. The number of benzene rings is 1. The number of carbonyl (C=O) groups is 1. The van der Waals surface area contributed by atoms with E-state index in [0.29, 0.717) is 5.69 Å². The molecule has 0 fully saturated rings. The molecule has 0 spiro atoms. The topological polar surface area (TPSA) is 56.2 Å². The predicted molar refractivity (Wildman–Crippen MR) is 101 cm³/mol. The molecule has 0 bridgehead atoms. The largest absolute Gasteiger partial charge is 0.497 e. The number of hydrogen-bond acceptors (Lipinski definition) is 4. The summed E-state index contributed by atoms with van der Waals surface area (Å²) in [6.45, 7) is 4.04. The van der Waals surface area contributed by atoms with E-state index < -0.39 is 0 Å². The van der Waals surface area contributed by atoms with Gasteiger partial charge in [0, 0.05) is 6.04 Å². The van der Waals surface area contributed by atoms with E-state index in [1.807, 2.05) is 61.7 Å². The van der Waals surface area contributed by atoms with E-state index in [1.54, 1.807) is 23.1 Å². The third-order valence-corrected chi connectivity index (χ3v) is 4.91. The van der Waals surface area contributed by atoms with Gasteiger partial charge in [0.2, 0.25) is 0 Å². The van der Waals surface area contributed by atoms with Crippen LogP contribution in [0.3, 0.4) is 0 Å². The fraction of sp³-hybridized carbons (Fsp3) is 0.263. The minimum atomic E-state index is -0.125. The lowest BCUT2D eigenvalue weighted by atomic mass is 10.2. The zero-order chi connectivity index (χ0) is 17.8. The van der Waals surface area contributed by atoms with Gasteiger partial charge in [-0.25, -0.2) is 4.68 Å². The van der Waals surface area contributed by atoms with Gasteiger partial charge in [-0.3, -0.25) is 4.79 Å². The molecule has 0 saturated carbocycles. The number of aromatic nitrogens is 2.